The molecule has 0 spiro atoms. The average Bonchev–Trinajstić information content (AvgIpc) is 2.17. The lowest BCUT2D eigenvalue weighted by atomic mass is 10.0. The number of rotatable bonds is 5. The number of carbonyl (C=O) groups excluding carboxylic acids is 1. The van der Waals surface area contributed by atoms with Crippen LogP contribution in [-0.4, -0.2) is 28.0 Å². The first kappa shape index (κ1) is 15.4. The highest BCUT2D eigenvalue weighted by molar-refractivity contribution is 7.52. The van der Waals surface area contributed by atoms with E-state index in [1.54, 1.807) is 13.8 Å². The van der Waals surface area contributed by atoms with Crippen LogP contribution in [0.1, 0.15) is 34.1 Å². The van der Waals surface area contributed by atoms with E-state index in [0.717, 1.165) is 0 Å². The van der Waals surface area contributed by atoms with Gasteiger partial charge in [-0.15, -0.1) is 0 Å². The molecule has 0 bridgehead atoms. The third kappa shape index (κ3) is 4.08. The first-order chi connectivity index (χ1) is 7.25. The van der Waals surface area contributed by atoms with E-state index in [1.807, 2.05) is 0 Å². The molecule has 0 aromatic carbocycles. The maximum atomic E-state index is 11.4. The van der Waals surface area contributed by atoms with Gasteiger partial charge in [0.1, 0.15) is 0 Å². The fourth-order valence-electron chi connectivity index (χ4n) is 1.45. The van der Waals surface area contributed by atoms with Crippen molar-refractivity contribution in [2.24, 2.45) is 0 Å². The molecule has 0 aromatic rings. The molecule has 0 radical (unpaired) electrons. The fraction of sp³-hybridized carbons (Fsp3) is 0.700. The van der Waals surface area contributed by atoms with Gasteiger partial charge in [-0.25, -0.2) is 4.79 Å². The van der Waals surface area contributed by atoms with Crippen LogP contribution in [0.15, 0.2) is 11.1 Å². The van der Waals surface area contributed by atoms with Crippen molar-refractivity contribution in [2.75, 3.05) is 6.61 Å². The molecule has 1 unspecified atom stereocenters. The molecule has 0 heterocycles. The highest BCUT2D eigenvalue weighted by atomic mass is 31.2. The molecular weight excluding hydrogens is 231 g/mol. The number of hydrogen-bond donors (Lipinski definition) is 2. The van der Waals surface area contributed by atoms with Gasteiger partial charge in [0.15, 0.2) is 0 Å². The van der Waals surface area contributed by atoms with E-state index >= 15 is 0 Å². The Bertz CT molecular complexity index is 328. The SMILES string of the molecule is CCOC(=O)C(C)=C(CC)C(C)P(=O)(O)O. The third-order valence-electron chi connectivity index (χ3n) is 2.45. The standard InChI is InChI=1S/C10H19O5P/c1-5-9(8(4)16(12,13)14)7(3)10(11)15-6-2/h8H,5-6H2,1-4H3,(H2,12,13,14). The zero-order valence-corrected chi connectivity index (χ0v) is 11.0. The Labute approximate surface area is 95.7 Å². The van der Waals surface area contributed by atoms with Crippen molar-refractivity contribution in [1.82, 2.24) is 0 Å². The Morgan fingerprint density at radius 2 is 1.88 bits per heavy atom. The molecular formula is C10H19O5P. The summed E-state index contributed by atoms with van der Waals surface area (Å²) < 4.78 is 15.9. The van der Waals surface area contributed by atoms with Gasteiger partial charge in [0.05, 0.1) is 12.3 Å². The number of esters is 1. The van der Waals surface area contributed by atoms with Crippen LogP contribution in [0.4, 0.5) is 0 Å². The summed E-state index contributed by atoms with van der Waals surface area (Å²) in [5, 5.41) is 0. The molecule has 0 fully saturated rings. The van der Waals surface area contributed by atoms with Crippen molar-refractivity contribution in [3.63, 3.8) is 0 Å². The van der Waals surface area contributed by atoms with Crippen molar-refractivity contribution in [3.05, 3.63) is 11.1 Å². The van der Waals surface area contributed by atoms with Crippen molar-refractivity contribution in [1.29, 1.82) is 0 Å². The lowest BCUT2D eigenvalue weighted by Gasteiger charge is -2.18. The van der Waals surface area contributed by atoms with Gasteiger partial charge in [-0.3, -0.25) is 4.57 Å². The second kappa shape index (κ2) is 6.18. The smallest absolute Gasteiger partial charge is 0.333 e. The molecule has 1 atom stereocenters. The van der Waals surface area contributed by atoms with Crippen LogP contribution in [-0.2, 0) is 14.1 Å². The highest BCUT2D eigenvalue weighted by Crippen LogP contribution is 2.46. The van der Waals surface area contributed by atoms with Gasteiger partial charge in [0.2, 0.25) is 0 Å². The van der Waals surface area contributed by atoms with E-state index in [9.17, 15) is 9.36 Å². The molecule has 0 rings (SSSR count). The molecule has 6 heteroatoms. The minimum atomic E-state index is -4.21. The Morgan fingerprint density at radius 1 is 1.38 bits per heavy atom. The molecule has 94 valence electrons. The lowest BCUT2D eigenvalue weighted by Crippen LogP contribution is -2.14. The minimum Gasteiger partial charge on any atom is -0.463 e. The summed E-state index contributed by atoms with van der Waals surface area (Å²) in [5.41, 5.74) is -0.200. The first-order valence-electron chi connectivity index (χ1n) is 5.17. The number of hydrogen-bond acceptors (Lipinski definition) is 3. The summed E-state index contributed by atoms with van der Waals surface area (Å²) in [6, 6.07) is 0. The van der Waals surface area contributed by atoms with Crippen LogP contribution in [0.3, 0.4) is 0 Å². The van der Waals surface area contributed by atoms with Gasteiger partial charge in [-0.05, 0) is 32.8 Å². The predicted molar refractivity (Wildman–Crippen MR) is 61.1 cm³/mol. The Balaban J connectivity index is 5.17. The van der Waals surface area contributed by atoms with E-state index in [1.165, 1.54) is 13.8 Å². The summed E-state index contributed by atoms with van der Waals surface area (Å²) in [7, 11) is -4.21. The van der Waals surface area contributed by atoms with Crippen LogP contribution in [0.25, 0.3) is 0 Å². The molecule has 2 N–H and O–H groups in total. The Morgan fingerprint density at radius 3 is 2.19 bits per heavy atom. The van der Waals surface area contributed by atoms with Gasteiger partial charge < -0.3 is 14.5 Å². The quantitative estimate of drug-likeness (QED) is 0.442. The lowest BCUT2D eigenvalue weighted by molar-refractivity contribution is -0.138. The minimum absolute atomic E-state index is 0.247. The summed E-state index contributed by atoms with van der Waals surface area (Å²) in [4.78, 5) is 29.6. The summed E-state index contributed by atoms with van der Waals surface area (Å²) in [6.07, 6.45) is 0.414. The zero-order chi connectivity index (χ0) is 12.9. The normalized spacial score (nSPS) is 15.4. The molecule has 0 aliphatic rings. The zero-order valence-electron chi connectivity index (χ0n) is 10.1. The largest absolute Gasteiger partial charge is 0.463 e. The van der Waals surface area contributed by atoms with Crippen LogP contribution in [0, 0.1) is 0 Å². The maximum absolute atomic E-state index is 11.4. The fourth-order valence-corrected chi connectivity index (χ4v) is 2.23. The second-order valence-corrected chi connectivity index (χ2v) is 5.44. The summed E-state index contributed by atoms with van der Waals surface area (Å²) >= 11 is 0. The van der Waals surface area contributed by atoms with Crippen molar-refractivity contribution in [3.8, 4) is 0 Å². The van der Waals surface area contributed by atoms with Gasteiger partial charge in [-0.1, -0.05) is 6.92 Å². The van der Waals surface area contributed by atoms with Crippen molar-refractivity contribution in [2.45, 2.75) is 39.8 Å². The van der Waals surface area contributed by atoms with E-state index in [4.69, 9.17) is 14.5 Å². The van der Waals surface area contributed by atoms with E-state index < -0.39 is 19.2 Å². The molecule has 0 aliphatic carbocycles. The average molecular weight is 250 g/mol. The Kier molecular flexibility index (Phi) is 5.94. The van der Waals surface area contributed by atoms with Crippen LogP contribution >= 0.6 is 7.60 Å². The van der Waals surface area contributed by atoms with Gasteiger partial charge in [0.25, 0.3) is 0 Å². The van der Waals surface area contributed by atoms with E-state index in [2.05, 4.69) is 0 Å². The molecule has 16 heavy (non-hydrogen) atoms. The summed E-state index contributed by atoms with van der Waals surface area (Å²) in [6.45, 7) is 6.64. The summed E-state index contributed by atoms with van der Waals surface area (Å²) in [5.74, 6) is -0.514. The number of carbonyl (C=O) groups is 1. The third-order valence-corrected chi connectivity index (χ3v) is 3.77. The molecule has 0 aliphatic heterocycles. The predicted octanol–water partition coefficient (Wildman–Crippen LogP) is 1.84. The molecule has 0 amide bonds. The van der Waals surface area contributed by atoms with Crippen molar-refractivity contribution >= 4 is 13.6 Å². The van der Waals surface area contributed by atoms with Gasteiger partial charge in [0, 0.05) is 5.57 Å². The molecule has 0 aromatic heterocycles. The monoisotopic (exact) mass is 250 g/mol. The Hall–Kier alpha value is -0.640. The van der Waals surface area contributed by atoms with Crippen LogP contribution < -0.4 is 0 Å². The van der Waals surface area contributed by atoms with Gasteiger partial charge >= 0.3 is 13.6 Å². The van der Waals surface area contributed by atoms with E-state index in [0.29, 0.717) is 17.6 Å². The van der Waals surface area contributed by atoms with E-state index in [-0.39, 0.29) is 6.61 Å². The molecule has 0 saturated carbocycles. The highest BCUT2D eigenvalue weighted by Gasteiger charge is 2.29. The first-order valence-corrected chi connectivity index (χ1v) is 6.85. The topological polar surface area (TPSA) is 83.8 Å². The number of ether oxygens (including phenoxy) is 1. The van der Waals surface area contributed by atoms with Gasteiger partial charge in [-0.2, -0.15) is 0 Å². The number of allylic oxidation sites excluding steroid dienone is 1. The maximum Gasteiger partial charge on any atom is 0.333 e. The van der Waals surface area contributed by atoms with Crippen LogP contribution in [0.5, 0.6) is 0 Å². The second-order valence-electron chi connectivity index (χ2n) is 3.49. The van der Waals surface area contributed by atoms with Crippen molar-refractivity contribution < 1.29 is 23.9 Å². The molecule has 5 nitrogen and oxygen atoms in total. The van der Waals surface area contributed by atoms with Crippen LogP contribution in [0.2, 0.25) is 0 Å². The molecule has 0 saturated heterocycles.